The Kier molecular flexibility index (Phi) is 7.10. The third-order valence-corrected chi connectivity index (χ3v) is 4.55. The number of sulfonamides is 1. The highest BCUT2D eigenvalue weighted by Crippen LogP contribution is 2.19. The number of benzene rings is 1. The number of carbonyl (C=O) groups excluding carboxylic acids is 1. The summed E-state index contributed by atoms with van der Waals surface area (Å²) in [4.78, 5) is 13.5. The molecule has 8 heteroatoms. The van der Waals surface area contributed by atoms with E-state index in [2.05, 4.69) is 10.0 Å². The van der Waals surface area contributed by atoms with E-state index in [0.29, 0.717) is 6.54 Å². The monoisotopic (exact) mass is 333 g/mol. The van der Waals surface area contributed by atoms with Crippen LogP contribution >= 0.6 is 11.6 Å². The molecule has 0 heterocycles. The van der Waals surface area contributed by atoms with E-state index < -0.39 is 10.0 Å². The van der Waals surface area contributed by atoms with Gasteiger partial charge in [0.25, 0.3) is 0 Å². The fourth-order valence-corrected chi connectivity index (χ4v) is 3.09. The summed E-state index contributed by atoms with van der Waals surface area (Å²) >= 11 is 5.83. The van der Waals surface area contributed by atoms with E-state index in [1.165, 1.54) is 12.1 Å². The average Bonchev–Trinajstić information content (AvgIpc) is 2.41. The van der Waals surface area contributed by atoms with Gasteiger partial charge in [-0.3, -0.25) is 4.79 Å². The Morgan fingerprint density at radius 1 is 1.29 bits per heavy atom. The Bertz CT molecular complexity index is 576. The number of carbonyl (C=O) groups is 1. The smallest absolute Gasteiger partial charge is 0.242 e. The molecule has 0 atom stereocenters. The second kappa shape index (κ2) is 8.33. The normalized spacial score (nSPS) is 11.6. The maximum absolute atomic E-state index is 12.0. The molecular formula is C13H20ClN3O3S. The molecule has 1 amide bonds. The van der Waals surface area contributed by atoms with E-state index in [1.54, 1.807) is 12.1 Å². The van der Waals surface area contributed by atoms with Gasteiger partial charge in [0.1, 0.15) is 4.90 Å². The second-order valence-corrected chi connectivity index (χ2v) is 6.90. The minimum atomic E-state index is -3.78. The first-order valence-electron chi connectivity index (χ1n) is 6.48. The molecule has 0 unspecified atom stereocenters. The maximum Gasteiger partial charge on any atom is 0.242 e. The molecule has 0 radical (unpaired) electrons. The Morgan fingerprint density at radius 2 is 1.95 bits per heavy atom. The van der Waals surface area contributed by atoms with Crippen molar-refractivity contribution in [3.05, 3.63) is 29.3 Å². The Labute approximate surface area is 130 Å². The number of hydrogen-bond donors (Lipinski definition) is 2. The summed E-state index contributed by atoms with van der Waals surface area (Å²) in [5.74, 6) is -0.371. The zero-order chi connectivity index (χ0) is 15.9. The van der Waals surface area contributed by atoms with Crippen LogP contribution in [0.5, 0.6) is 0 Å². The second-order valence-electron chi connectivity index (χ2n) is 4.76. The molecule has 0 fully saturated rings. The Hall–Kier alpha value is -1.15. The van der Waals surface area contributed by atoms with Gasteiger partial charge < -0.3 is 10.2 Å². The lowest BCUT2D eigenvalue weighted by molar-refractivity contribution is -0.119. The number of nitrogens with one attached hydrogen (secondary N) is 2. The fourth-order valence-electron chi connectivity index (χ4n) is 1.59. The van der Waals surface area contributed by atoms with Gasteiger partial charge in [0.05, 0.1) is 11.6 Å². The van der Waals surface area contributed by atoms with Gasteiger partial charge in [-0.2, -0.15) is 0 Å². The predicted octanol–water partition coefficient (Wildman–Crippen LogP) is 0.686. The standard InChI is InChI=1S/C13H20ClN3O3S/c1-17(2)9-5-8-15-13(18)10-16-21(19,20)12-7-4-3-6-11(12)14/h3-4,6-7,16H,5,8-10H2,1-2H3,(H,15,18). The van der Waals surface area contributed by atoms with Gasteiger partial charge in [0.2, 0.25) is 15.9 Å². The molecule has 0 spiro atoms. The van der Waals surface area contributed by atoms with Crippen molar-refractivity contribution < 1.29 is 13.2 Å². The Balaban J connectivity index is 2.44. The largest absolute Gasteiger partial charge is 0.355 e. The minimum Gasteiger partial charge on any atom is -0.355 e. The van der Waals surface area contributed by atoms with Crippen LogP contribution < -0.4 is 10.0 Å². The van der Waals surface area contributed by atoms with E-state index in [1.807, 2.05) is 19.0 Å². The van der Waals surface area contributed by atoms with Crippen molar-refractivity contribution in [2.24, 2.45) is 0 Å². The summed E-state index contributed by atoms with van der Waals surface area (Å²) < 4.78 is 26.2. The molecule has 0 saturated carbocycles. The van der Waals surface area contributed by atoms with Crippen LogP contribution in [-0.2, 0) is 14.8 Å². The first kappa shape index (κ1) is 17.9. The molecule has 0 aliphatic rings. The number of halogens is 1. The highest BCUT2D eigenvalue weighted by molar-refractivity contribution is 7.89. The van der Waals surface area contributed by atoms with Crippen molar-refractivity contribution in [2.75, 3.05) is 33.7 Å². The number of hydrogen-bond acceptors (Lipinski definition) is 4. The molecule has 0 aliphatic heterocycles. The number of amides is 1. The summed E-state index contributed by atoms with van der Waals surface area (Å²) in [7, 11) is 0.107. The fraction of sp³-hybridized carbons (Fsp3) is 0.462. The summed E-state index contributed by atoms with van der Waals surface area (Å²) in [6.45, 7) is 1.05. The zero-order valence-electron chi connectivity index (χ0n) is 12.1. The Morgan fingerprint density at radius 3 is 2.57 bits per heavy atom. The van der Waals surface area contributed by atoms with E-state index in [-0.39, 0.29) is 22.4 Å². The molecule has 0 saturated heterocycles. The first-order chi connectivity index (χ1) is 9.83. The summed E-state index contributed by atoms with van der Waals surface area (Å²) in [5, 5.41) is 2.77. The van der Waals surface area contributed by atoms with Gasteiger partial charge in [-0.05, 0) is 39.2 Å². The van der Waals surface area contributed by atoms with Crippen LogP contribution in [0, 0.1) is 0 Å². The predicted molar refractivity (Wildman–Crippen MR) is 82.8 cm³/mol. The molecule has 21 heavy (non-hydrogen) atoms. The van der Waals surface area contributed by atoms with Crippen molar-refractivity contribution in [2.45, 2.75) is 11.3 Å². The summed E-state index contributed by atoms with van der Waals surface area (Å²) in [6, 6.07) is 6.08. The molecule has 0 aromatic heterocycles. The van der Waals surface area contributed by atoms with Crippen LogP contribution in [0.3, 0.4) is 0 Å². The quantitative estimate of drug-likeness (QED) is 0.686. The third kappa shape index (κ3) is 6.43. The van der Waals surface area contributed by atoms with Gasteiger partial charge in [-0.25, -0.2) is 13.1 Å². The number of nitrogens with zero attached hydrogens (tertiary/aromatic N) is 1. The van der Waals surface area contributed by atoms with Gasteiger partial charge in [-0.15, -0.1) is 0 Å². The lowest BCUT2D eigenvalue weighted by Crippen LogP contribution is -2.37. The van der Waals surface area contributed by atoms with Crippen LogP contribution in [0.25, 0.3) is 0 Å². The van der Waals surface area contributed by atoms with E-state index in [9.17, 15) is 13.2 Å². The molecule has 0 bridgehead atoms. The maximum atomic E-state index is 12.0. The van der Waals surface area contributed by atoms with Gasteiger partial charge in [0, 0.05) is 6.54 Å². The lowest BCUT2D eigenvalue weighted by atomic mass is 10.4. The third-order valence-electron chi connectivity index (χ3n) is 2.65. The first-order valence-corrected chi connectivity index (χ1v) is 8.34. The van der Waals surface area contributed by atoms with E-state index in [0.717, 1.165) is 13.0 Å². The van der Waals surface area contributed by atoms with Crippen LogP contribution in [0.1, 0.15) is 6.42 Å². The van der Waals surface area contributed by atoms with Crippen LogP contribution in [0.4, 0.5) is 0 Å². The molecule has 6 nitrogen and oxygen atoms in total. The van der Waals surface area contributed by atoms with Gasteiger partial charge in [0.15, 0.2) is 0 Å². The molecule has 1 rings (SSSR count). The van der Waals surface area contributed by atoms with Crippen LogP contribution in [-0.4, -0.2) is 53.0 Å². The molecule has 1 aromatic carbocycles. The highest BCUT2D eigenvalue weighted by Gasteiger charge is 2.18. The topological polar surface area (TPSA) is 78.5 Å². The van der Waals surface area contributed by atoms with Crippen molar-refractivity contribution in [1.29, 1.82) is 0 Å². The molecular weight excluding hydrogens is 314 g/mol. The van der Waals surface area contributed by atoms with Gasteiger partial charge in [-0.1, -0.05) is 23.7 Å². The average molecular weight is 334 g/mol. The van der Waals surface area contributed by atoms with Crippen molar-refractivity contribution >= 4 is 27.5 Å². The summed E-state index contributed by atoms with van der Waals surface area (Å²) in [6.07, 6.45) is 0.802. The molecule has 2 N–H and O–H groups in total. The molecule has 1 aromatic rings. The van der Waals surface area contributed by atoms with E-state index >= 15 is 0 Å². The lowest BCUT2D eigenvalue weighted by Gasteiger charge is -2.11. The van der Waals surface area contributed by atoms with Crippen molar-refractivity contribution in [1.82, 2.24) is 14.9 Å². The summed E-state index contributed by atoms with van der Waals surface area (Å²) in [5.41, 5.74) is 0. The van der Waals surface area contributed by atoms with Crippen LogP contribution in [0.2, 0.25) is 5.02 Å². The SMILES string of the molecule is CN(C)CCCNC(=O)CNS(=O)(=O)c1ccccc1Cl. The van der Waals surface area contributed by atoms with Crippen molar-refractivity contribution in [3.63, 3.8) is 0 Å². The van der Waals surface area contributed by atoms with Crippen LogP contribution in [0.15, 0.2) is 29.2 Å². The highest BCUT2D eigenvalue weighted by atomic mass is 35.5. The molecule has 118 valence electrons. The molecule has 0 aliphatic carbocycles. The van der Waals surface area contributed by atoms with E-state index in [4.69, 9.17) is 11.6 Å². The zero-order valence-corrected chi connectivity index (χ0v) is 13.7. The van der Waals surface area contributed by atoms with Gasteiger partial charge >= 0.3 is 0 Å². The minimum absolute atomic E-state index is 0.0351. The van der Waals surface area contributed by atoms with Crippen molar-refractivity contribution in [3.8, 4) is 0 Å². The number of rotatable bonds is 8.